The summed E-state index contributed by atoms with van der Waals surface area (Å²) >= 11 is 0. The third-order valence-electron chi connectivity index (χ3n) is 10.2. The number of benzene rings is 3. The largest absolute Gasteiger partial charge is 0.368 e. The molecule has 1 aromatic heterocycles. The minimum atomic E-state index is -1.04. The topological polar surface area (TPSA) is 211 Å². The Morgan fingerprint density at radius 2 is 1.62 bits per heavy atom. The second-order valence-corrected chi connectivity index (χ2v) is 14.5. The summed E-state index contributed by atoms with van der Waals surface area (Å²) in [6.07, 6.45) is 7.25. The van der Waals surface area contributed by atoms with Crippen molar-refractivity contribution in [3.63, 3.8) is 0 Å². The molecule has 0 spiro atoms. The molecule has 2 heterocycles. The van der Waals surface area contributed by atoms with Crippen molar-refractivity contribution in [1.82, 2.24) is 25.9 Å². The van der Waals surface area contributed by atoms with E-state index in [0.29, 0.717) is 50.7 Å². The number of hydrogen-bond acceptors (Lipinski definition) is 8. The lowest BCUT2D eigenvalue weighted by atomic mass is 9.93. The zero-order chi connectivity index (χ0) is 39.9. The van der Waals surface area contributed by atoms with Crippen LogP contribution in [0.15, 0.2) is 66.2 Å². The zero-order valence-electron chi connectivity index (χ0n) is 32.0. The van der Waals surface area contributed by atoms with Crippen LogP contribution in [0.25, 0.3) is 28.6 Å². The number of carbonyl (C=O) groups is 5. The Balaban J connectivity index is 1.26. The van der Waals surface area contributed by atoms with E-state index in [1.807, 2.05) is 37.3 Å². The molecule has 1 aliphatic carbocycles. The van der Waals surface area contributed by atoms with E-state index in [9.17, 15) is 24.0 Å². The Kier molecular flexibility index (Phi) is 12.3. The van der Waals surface area contributed by atoms with E-state index in [-0.39, 0.29) is 43.8 Å². The van der Waals surface area contributed by atoms with Crippen LogP contribution in [0.2, 0.25) is 0 Å². The van der Waals surface area contributed by atoms with E-state index >= 15 is 0 Å². The van der Waals surface area contributed by atoms with Gasteiger partial charge in [0, 0.05) is 17.5 Å². The first-order chi connectivity index (χ1) is 26.9. The number of allylic oxidation sites excluding steroid dienone is 1. The number of anilines is 1. The molecule has 1 aliphatic heterocycles. The van der Waals surface area contributed by atoms with E-state index in [0.717, 1.165) is 24.0 Å². The highest BCUT2D eigenvalue weighted by Gasteiger charge is 2.27. The molecule has 2 atom stereocenters. The van der Waals surface area contributed by atoms with Gasteiger partial charge in [0.25, 0.3) is 5.91 Å². The van der Waals surface area contributed by atoms with E-state index in [4.69, 9.17) is 11.5 Å². The number of aromatic nitrogens is 2. The maximum absolute atomic E-state index is 14.1. The van der Waals surface area contributed by atoms with Gasteiger partial charge in [-0.1, -0.05) is 66.2 Å². The van der Waals surface area contributed by atoms with Crippen molar-refractivity contribution in [2.24, 2.45) is 11.5 Å². The van der Waals surface area contributed by atoms with Gasteiger partial charge in [-0.2, -0.15) is 0 Å². The molecular weight excluding hydrogens is 709 g/mol. The van der Waals surface area contributed by atoms with Gasteiger partial charge in [-0.15, -0.1) is 0 Å². The number of amides is 5. The van der Waals surface area contributed by atoms with Crippen molar-refractivity contribution in [1.29, 1.82) is 0 Å². The standard InChI is InChI=1S/C43H48N8O5/c1-24-17-30-20-33(32-10-6-9-29(19-32)22-36(52)46-23-37(53)49-35(21-30)40(45)54)39(24)51-42(55)34(15-16-44)50-43(56)38-25(2)47-41(48-26(38)3)31-13-11-28(12-14-31)18-27-7-4-5-8-27/h6,9-14,17-20,34-35H,4-5,7-8,15-16,21-23,44H2,1-3H3,(H2,45,54)(H,46,52)(H,49,53)(H,50,56)(H,51,55)/t34-,35?/m0/s1. The molecule has 0 radical (unpaired) electrons. The molecule has 3 aromatic carbocycles. The Morgan fingerprint density at radius 1 is 0.911 bits per heavy atom. The average Bonchev–Trinajstić information content (AvgIpc) is 3.67. The van der Waals surface area contributed by atoms with Crippen molar-refractivity contribution in [3.05, 3.63) is 105 Å². The smallest absolute Gasteiger partial charge is 0.255 e. The highest BCUT2D eigenvalue weighted by molar-refractivity contribution is 6.04. The van der Waals surface area contributed by atoms with Gasteiger partial charge < -0.3 is 32.7 Å². The minimum absolute atomic E-state index is 0.000492. The Hall–Kier alpha value is -6.21. The molecule has 4 aromatic rings. The van der Waals surface area contributed by atoms with Crippen LogP contribution in [0, 0.1) is 20.8 Å². The van der Waals surface area contributed by atoms with Crippen LogP contribution < -0.4 is 32.7 Å². The summed E-state index contributed by atoms with van der Waals surface area (Å²) in [5.74, 6) is -2.15. The highest BCUT2D eigenvalue weighted by Crippen LogP contribution is 2.34. The van der Waals surface area contributed by atoms with Crippen molar-refractivity contribution in [2.75, 3.05) is 18.4 Å². The van der Waals surface area contributed by atoms with Crippen molar-refractivity contribution in [3.8, 4) is 22.5 Å². The van der Waals surface area contributed by atoms with Gasteiger partial charge in [0.15, 0.2) is 5.82 Å². The van der Waals surface area contributed by atoms with E-state index in [1.54, 1.807) is 32.0 Å². The molecule has 4 bridgehead atoms. The maximum Gasteiger partial charge on any atom is 0.255 e. The zero-order valence-corrected chi connectivity index (χ0v) is 32.0. The van der Waals surface area contributed by atoms with Gasteiger partial charge in [0.05, 0.1) is 35.6 Å². The first kappa shape index (κ1) is 39.5. The van der Waals surface area contributed by atoms with Crippen LogP contribution >= 0.6 is 0 Å². The fourth-order valence-electron chi connectivity index (χ4n) is 7.34. The quantitative estimate of drug-likeness (QED) is 0.147. The lowest BCUT2D eigenvalue weighted by Crippen LogP contribution is -2.49. The van der Waals surface area contributed by atoms with Crippen molar-refractivity contribution in [2.45, 2.75) is 77.8 Å². The third-order valence-corrected chi connectivity index (χ3v) is 10.2. The van der Waals surface area contributed by atoms with Gasteiger partial charge in [-0.25, -0.2) is 9.97 Å². The predicted octanol–water partition coefficient (Wildman–Crippen LogP) is 3.96. The molecule has 56 heavy (non-hydrogen) atoms. The molecule has 13 nitrogen and oxygen atoms in total. The number of rotatable bonds is 9. The molecule has 1 saturated carbocycles. The molecular formula is C43H48N8O5. The molecule has 1 fully saturated rings. The van der Waals surface area contributed by atoms with Gasteiger partial charge in [-0.05, 0) is 93.3 Å². The lowest BCUT2D eigenvalue weighted by Gasteiger charge is -2.23. The summed E-state index contributed by atoms with van der Waals surface area (Å²) in [7, 11) is 0. The summed E-state index contributed by atoms with van der Waals surface area (Å²) in [6.45, 7) is 5.12. The highest BCUT2D eigenvalue weighted by atomic mass is 16.2. The van der Waals surface area contributed by atoms with Crippen LogP contribution in [0.5, 0.6) is 0 Å². The summed E-state index contributed by atoms with van der Waals surface area (Å²) in [5, 5.41) is 11.1. The number of carbonyl (C=O) groups excluding carboxylic acids is 5. The fraction of sp³-hybridized carbons (Fsp3) is 0.326. The number of nitrogens with two attached hydrogens (primary N) is 2. The lowest BCUT2D eigenvalue weighted by molar-refractivity contribution is -0.128. The van der Waals surface area contributed by atoms with Gasteiger partial charge in [-0.3, -0.25) is 24.0 Å². The van der Waals surface area contributed by atoms with Gasteiger partial charge in [0.2, 0.25) is 23.6 Å². The monoisotopic (exact) mass is 756 g/mol. The van der Waals surface area contributed by atoms with E-state index in [2.05, 4.69) is 49.4 Å². The Bertz CT molecular complexity index is 2180. The number of nitrogens with zero attached hydrogens (tertiary/aromatic N) is 2. The normalized spacial score (nSPS) is 16.2. The summed E-state index contributed by atoms with van der Waals surface area (Å²) < 4.78 is 0. The summed E-state index contributed by atoms with van der Waals surface area (Å²) in [6, 6.07) is 16.9. The van der Waals surface area contributed by atoms with Crippen LogP contribution in [-0.2, 0) is 32.0 Å². The van der Waals surface area contributed by atoms with Crippen molar-refractivity contribution >= 4 is 41.3 Å². The molecule has 290 valence electrons. The number of primary amides is 1. The van der Waals surface area contributed by atoms with Gasteiger partial charge in [0.1, 0.15) is 12.1 Å². The summed E-state index contributed by atoms with van der Waals surface area (Å²) in [5.41, 5.74) is 20.1. The molecule has 1 unspecified atom stereocenters. The molecule has 2 aliphatic rings. The van der Waals surface area contributed by atoms with E-state index < -0.39 is 35.7 Å². The second kappa shape index (κ2) is 17.5. The molecule has 13 heteroatoms. The first-order valence-corrected chi connectivity index (χ1v) is 18.9. The molecule has 0 saturated heterocycles. The average molecular weight is 757 g/mol. The molecule has 6 rings (SSSR count). The number of aryl methyl sites for hydroxylation is 3. The van der Waals surface area contributed by atoms with Gasteiger partial charge >= 0.3 is 0 Å². The molecule has 5 amide bonds. The Morgan fingerprint density at radius 3 is 2.30 bits per heavy atom. The Labute approximate surface area is 326 Å². The van der Waals surface area contributed by atoms with Crippen LogP contribution in [0.3, 0.4) is 0 Å². The summed E-state index contributed by atoms with van der Waals surface area (Å²) in [4.78, 5) is 74.9. The maximum atomic E-state index is 14.1. The molecule has 8 N–H and O–H groups in total. The van der Waals surface area contributed by atoms with E-state index in [1.165, 1.54) is 18.4 Å². The SMILES string of the molecule is Cc1cc2cc(c1NC(=O)[C@H](CCN)NC(=O)c1c(C)nc(-c3ccc(C=C4CCCC4)cc3)nc1C)-c1cccc(c1)CC(=O)NCC(=O)NC(C(N)=O)C2. The number of nitrogens with one attached hydrogen (secondary N) is 4. The van der Waals surface area contributed by atoms with Crippen LogP contribution in [0.4, 0.5) is 5.69 Å². The third kappa shape index (κ3) is 9.53. The van der Waals surface area contributed by atoms with Crippen LogP contribution in [-0.4, -0.2) is 64.7 Å². The predicted molar refractivity (Wildman–Crippen MR) is 215 cm³/mol. The minimum Gasteiger partial charge on any atom is -0.368 e. The fourth-order valence-corrected chi connectivity index (χ4v) is 7.34. The first-order valence-electron chi connectivity index (χ1n) is 18.9. The number of hydrogen-bond donors (Lipinski definition) is 6. The van der Waals surface area contributed by atoms with Crippen molar-refractivity contribution < 1.29 is 24.0 Å². The van der Waals surface area contributed by atoms with Crippen LogP contribution in [0.1, 0.15) is 76.1 Å². The number of fused-ring (bicyclic) bond motifs is 5. The second-order valence-electron chi connectivity index (χ2n) is 14.5.